The molecule has 54 heavy (non-hydrogen) atoms. The van der Waals surface area contributed by atoms with Gasteiger partial charge in [-0.25, -0.2) is 4.79 Å². The molecule has 5 nitrogen and oxygen atoms in total. The molecule has 0 radical (unpaired) electrons. The lowest BCUT2D eigenvalue weighted by molar-refractivity contribution is -0.105. The first kappa shape index (κ1) is 45.4. The van der Waals surface area contributed by atoms with E-state index >= 15 is 0 Å². The second kappa shape index (κ2) is 23.8. The predicted octanol–water partition coefficient (Wildman–Crippen LogP) is 14.5. The van der Waals surface area contributed by atoms with Crippen molar-refractivity contribution in [3.05, 3.63) is 23.8 Å². The first-order chi connectivity index (χ1) is 26.1. The van der Waals surface area contributed by atoms with Crippen molar-refractivity contribution >= 4 is 6.16 Å². The highest BCUT2D eigenvalue weighted by Gasteiger charge is 2.59. The zero-order valence-electron chi connectivity index (χ0n) is 36.2. The van der Waals surface area contributed by atoms with E-state index in [1.54, 1.807) is 5.57 Å². The Balaban J connectivity index is 1.14. The summed E-state index contributed by atoms with van der Waals surface area (Å²) in [6.07, 6.45) is 38.3. The van der Waals surface area contributed by atoms with Gasteiger partial charge in [0.05, 0.1) is 12.7 Å². The summed E-state index contributed by atoms with van der Waals surface area (Å²) in [7, 11) is 0. The molecule has 4 rings (SSSR count). The van der Waals surface area contributed by atoms with E-state index in [0.29, 0.717) is 18.6 Å². The van der Waals surface area contributed by atoms with Crippen LogP contribution in [0.1, 0.15) is 202 Å². The van der Waals surface area contributed by atoms with Gasteiger partial charge in [0.15, 0.2) is 0 Å². The number of carboxylic acid groups (broad SMARTS) is 1. The fraction of sp³-hybridized carbons (Fsp3) is 0.898. The van der Waals surface area contributed by atoms with E-state index in [1.165, 1.54) is 141 Å². The molecule has 1 N–H and O–H groups in total. The second-order valence-corrected chi connectivity index (χ2v) is 19.5. The third-order valence-electron chi connectivity index (χ3n) is 15.1. The minimum atomic E-state index is -1.24. The maximum atomic E-state index is 11.3. The van der Waals surface area contributed by atoms with Gasteiger partial charge < -0.3 is 19.3 Å². The van der Waals surface area contributed by atoms with E-state index in [9.17, 15) is 9.90 Å². The molecule has 0 saturated heterocycles. The summed E-state index contributed by atoms with van der Waals surface area (Å²) in [5.41, 5.74) is 2.41. The van der Waals surface area contributed by atoms with Crippen LogP contribution in [0.2, 0.25) is 0 Å². The van der Waals surface area contributed by atoms with Crippen LogP contribution in [0.25, 0.3) is 0 Å². The lowest BCUT2D eigenvalue weighted by Crippen LogP contribution is -2.51. The van der Waals surface area contributed by atoms with E-state index in [-0.39, 0.29) is 24.2 Å². The van der Waals surface area contributed by atoms with Crippen LogP contribution in [0.3, 0.4) is 0 Å². The Morgan fingerprint density at radius 2 is 1.50 bits per heavy atom. The first-order valence-electron chi connectivity index (χ1n) is 23.5. The van der Waals surface area contributed by atoms with Gasteiger partial charge in [-0.2, -0.15) is 0 Å². The molecule has 0 aromatic heterocycles. The fourth-order valence-corrected chi connectivity index (χ4v) is 12.0. The number of unbranched alkanes of at least 4 members (excludes halogenated alkanes) is 12. The largest absolute Gasteiger partial charge is 0.505 e. The summed E-state index contributed by atoms with van der Waals surface area (Å²) in [4.78, 5) is 11.3. The van der Waals surface area contributed by atoms with E-state index in [0.717, 1.165) is 54.8 Å². The third kappa shape index (κ3) is 13.7. The van der Waals surface area contributed by atoms with Crippen LogP contribution in [0.5, 0.6) is 0 Å². The topological polar surface area (TPSA) is 65.0 Å². The zero-order chi connectivity index (χ0) is 38.8. The van der Waals surface area contributed by atoms with E-state index in [4.69, 9.17) is 14.2 Å². The number of fused-ring (bicyclic) bond motifs is 5. The molecule has 3 saturated carbocycles. The average Bonchev–Trinajstić information content (AvgIpc) is 3.50. The fourth-order valence-electron chi connectivity index (χ4n) is 12.0. The van der Waals surface area contributed by atoms with Crippen molar-refractivity contribution < 1.29 is 24.1 Å². The SMILES string of the molecule is CCCCCCCCC=CCCCCCCCCOCC(COC(=O)O)OC1CC[C@@]2(C)C(=CCC3C2CC[C@@]2(C)C3CC[C@@H]2[C@H](C)CCCC(C)C)C1. The Kier molecular flexibility index (Phi) is 20.0. The molecule has 0 spiro atoms. The van der Waals surface area contributed by atoms with Crippen LogP contribution in [-0.2, 0) is 14.2 Å². The van der Waals surface area contributed by atoms with Crippen LogP contribution in [0.4, 0.5) is 4.79 Å². The molecule has 0 aliphatic heterocycles. The molecule has 5 heteroatoms. The monoisotopic (exact) mass is 755 g/mol. The number of carbonyl (C=O) groups is 1. The van der Waals surface area contributed by atoms with Crippen LogP contribution < -0.4 is 0 Å². The van der Waals surface area contributed by atoms with Crippen LogP contribution >= 0.6 is 0 Å². The van der Waals surface area contributed by atoms with Gasteiger partial charge in [0.1, 0.15) is 12.7 Å². The van der Waals surface area contributed by atoms with Crippen molar-refractivity contribution in [3.63, 3.8) is 0 Å². The van der Waals surface area contributed by atoms with Gasteiger partial charge in [-0.1, -0.05) is 142 Å². The van der Waals surface area contributed by atoms with Gasteiger partial charge in [0.2, 0.25) is 0 Å². The minimum Gasteiger partial charge on any atom is -0.450 e. The van der Waals surface area contributed by atoms with E-state index in [2.05, 4.69) is 59.8 Å². The molecule has 4 aliphatic rings. The van der Waals surface area contributed by atoms with Gasteiger partial charge in [-0.15, -0.1) is 0 Å². The van der Waals surface area contributed by atoms with Crippen molar-refractivity contribution in [1.29, 1.82) is 0 Å². The number of hydrogen-bond acceptors (Lipinski definition) is 4. The van der Waals surface area contributed by atoms with Crippen molar-refractivity contribution in [3.8, 4) is 0 Å². The van der Waals surface area contributed by atoms with Crippen molar-refractivity contribution in [2.75, 3.05) is 19.8 Å². The summed E-state index contributed by atoms with van der Waals surface area (Å²) in [6.45, 7) is 16.0. The smallest absolute Gasteiger partial charge is 0.450 e. The Hall–Kier alpha value is -1.33. The first-order valence-corrected chi connectivity index (χ1v) is 23.5. The number of rotatable bonds is 27. The Morgan fingerprint density at radius 1 is 0.815 bits per heavy atom. The minimum absolute atomic E-state index is 0.0393. The Morgan fingerprint density at radius 3 is 2.19 bits per heavy atom. The standard InChI is InChI=1S/C49H86O5/c1-7-8-9-10-11-12-13-14-15-16-17-18-19-20-21-22-34-52-36-42(37-53-47(50)51)54-41-30-32-48(5)40(35-41)26-27-43-45-29-28-44(39(4)25-23-24-38(2)3)49(45,6)33-31-46(43)48/h14-15,26,38-39,41-46H,7-13,16-25,27-37H2,1-6H3,(H,50,51)/t39-,41?,42?,43?,44-,45?,46?,48+,49-/m1/s1. The highest BCUT2D eigenvalue weighted by Crippen LogP contribution is 2.67. The van der Waals surface area contributed by atoms with Crippen molar-refractivity contribution in [2.24, 2.45) is 46.3 Å². The molecule has 3 fully saturated rings. The average molecular weight is 755 g/mol. The van der Waals surface area contributed by atoms with Gasteiger partial charge in [0, 0.05) is 6.61 Å². The predicted molar refractivity (Wildman–Crippen MR) is 226 cm³/mol. The summed E-state index contributed by atoms with van der Waals surface area (Å²) in [5, 5.41) is 9.25. The van der Waals surface area contributed by atoms with Crippen LogP contribution in [0, 0.1) is 46.3 Å². The highest BCUT2D eigenvalue weighted by molar-refractivity contribution is 5.56. The second-order valence-electron chi connectivity index (χ2n) is 19.5. The molecule has 5 unspecified atom stereocenters. The molecule has 312 valence electrons. The normalized spacial score (nSPS) is 30.5. The molecular formula is C49H86O5. The lowest BCUT2D eigenvalue weighted by atomic mass is 9.47. The molecule has 4 aliphatic carbocycles. The number of ether oxygens (including phenoxy) is 3. The van der Waals surface area contributed by atoms with Crippen molar-refractivity contribution in [2.45, 2.75) is 214 Å². The van der Waals surface area contributed by atoms with E-state index < -0.39 is 6.16 Å². The quantitative estimate of drug-likeness (QED) is 0.0514. The maximum Gasteiger partial charge on any atom is 0.505 e. The molecule has 0 amide bonds. The number of allylic oxidation sites excluding steroid dienone is 3. The third-order valence-corrected chi connectivity index (χ3v) is 15.1. The summed E-state index contributed by atoms with van der Waals surface area (Å²) in [6, 6.07) is 0. The summed E-state index contributed by atoms with van der Waals surface area (Å²) in [5.74, 6) is 5.05. The van der Waals surface area contributed by atoms with Gasteiger partial charge in [-0.3, -0.25) is 0 Å². The molecular weight excluding hydrogens is 669 g/mol. The van der Waals surface area contributed by atoms with Gasteiger partial charge >= 0.3 is 6.16 Å². The van der Waals surface area contributed by atoms with Crippen LogP contribution in [0.15, 0.2) is 23.8 Å². The molecule has 0 aromatic rings. The number of hydrogen-bond donors (Lipinski definition) is 1. The zero-order valence-corrected chi connectivity index (χ0v) is 36.2. The summed E-state index contributed by atoms with van der Waals surface area (Å²) < 4.78 is 17.7. The van der Waals surface area contributed by atoms with E-state index in [1.807, 2.05) is 0 Å². The lowest BCUT2D eigenvalue weighted by Gasteiger charge is -2.58. The molecule has 0 bridgehead atoms. The highest BCUT2D eigenvalue weighted by atomic mass is 16.7. The maximum absolute atomic E-state index is 11.3. The van der Waals surface area contributed by atoms with Gasteiger partial charge in [-0.05, 0) is 130 Å². The molecule has 9 atom stereocenters. The Bertz CT molecular complexity index is 1110. The molecule has 0 aromatic carbocycles. The van der Waals surface area contributed by atoms with Gasteiger partial charge in [0.25, 0.3) is 0 Å². The molecule has 0 heterocycles. The van der Waals surface area contributed by atoms with Crippen molar-refractivity contribution in [1.82, 2.24) is 0 Å². The Labute approximate surface area is 333 Å². The van der Waals surface area contributed by atoms with Crippen LogP contribution in [-0.4, -0.2) is 43.3 Å². The summed E-state index contributed by atoms with van der Waals surface area (Å²) >= 11 is 0.